The Kier molecular flexibility index (Phi) is 5.26. The fourth-order valence-electron chi connectivity index (χ4n) is 4.71. The van der Waals surface area contributed by atoms with E-state index in [-0.39, 0.29) is 23.6 Å². The van der Waals surface area contributed by atoms with E-state index in [9.17, 15) is 27.9 Å². The first kappa shape index (κ1) is 23.7. The summed E-state index contributed by atoms with van der Waals surface area (Å²) in [5, 5.41) is 21.8. The Hall–Kier alpha value is -4.67. The van der Waals surface area contributed by atoms with Gasteiger partial charge in [0.15, 0.2) is 5.58 Å². The largest absolute Gasteiger partial charge is 0.478 e. The lowest BCUT2D eigenvalue weighted by atomic mass is 10.0. The molecule has 0 unspecified atom stereocenters. The van der Waals surface area contributed by atoms with Crippen LogP contribution >= 0.6 is 0 Å². The van der Waals surface area contributed by atoms with Crippen molar-refractivity contribution in [3.63, 3.8) is 0 Å². The minimum Gasteiger partial charge on any atom is -0.478 e. The molecule has 5 aromatic rings. The number of carbonyl (C=O) groups excluding carboxylic acids is 1. The normalized spacial score (nSPS) is 14.6. The van der Waals surface area contributed by atoms with Crippen molar-refractivity contribution >= 4 is 33.7 Å². The maximum absolute atomic E-state index is 13.7. The van der Waals surface area contributed by atoms with Gasteiger partial charge < -0.3 is 14.9 Å². The number of carbonyl (C=O) groups is 2. The third kappa shape index (κ3) is 4.05. The van der Waals surface area contributed by atoms with E-state index in [0.29, 0.717) is 40.3 Å². The molecular weight excluding hydrogens is 501 g/mol. The van der Waals surface area contributed by atoms with Gasteiger partial charge in [-0.3, -0.25) is 9.48 Å². The fraction of sp³-hybridized carbons (Fsp3) is 0.185. The molecular formula is C27H19F3N4O4. The molecule has 1 aliphatic rings. The zero-order valence-electron chi connectivity index (χ0n) is 19.6. The number of hydrogen-bond donors (Lipinski definition) is 2. The number of rotatable bonds is 6. The Morgan fingerprint density at radius 1 is 1.03 bits per heavy atom. The summed E-state index contributed by atoms with van der Waals surface area (Å²) in [6, 6.07) is 12.8. The highest BCUT2D eigenvalue weighted by Crippen LogP contribution is 2.46. The number of aromatic nitrogens is 3. The molecule has 1 fully saturated rings. The van der Waals surface area contributed by atoms with E-state index in [1.165, 1.54) is 30.5 Å². The molecule has 8 nitrogen and oxygen atoms in total. The Balaban J connectivity index is 1.36. The molecule has 0 bridgehead atoms. The Bertz CT molecular complexity index is 1700. The molecule has 0 aliphatic heterocycles. The van der Waals surface area contributed by atoms with E-state index in [1.807, 2.05) is 0 Å². The van der Waals surface area contributed by atoms with Gasteiger partial charge in [0.1, 0.15) is 0 Å². The summed E-state index contributed by atoms with van der Waals surface area (Å²) in [7, 11) is 0. The maximum atomic E-state index is 13.7. The van der Waals surface area contributed by atoms with Crippen LogP contribution in [0.1, 0.15) is 50.2 Å². The van der Waals surface area contributed by atoms with Crippen molar-refractivity contribution in [2.75, 3.05) is 0 Å². The number of nitrogens with one attached hydrogen (secondary N) is 1. The van der Waals surface area contributed by atoms with Gasteiger partial charge in [-0.2, -0.15) is 18.3 Å². The highest BCUT2D eigenvalue weighted by Gasteiger charge is 2.46. The van der Waals surface area contributed by atoms with Crippen LogP contribution in [0.4, 0.5) is 13.2 Å². The van der Waals surface area contributed by atoms with Crippen LogP contribution in [-0.4, -0.2) is 31.9 Å². The first-order chi connectivity index (χ1) is 18.1. The smallest absolute Gasteiger partial charge is 0.416 e. The van der Waals surface area contributed by atoms with Crippen LogP contribution in [0.25, 0.3) is 21.9 Å². The van der Waals surface area contributed by atoms with E-state index < -0.39 is 23.2 Å². The molecule has 2 aromatic heterocycles. The molecule has 1 aliphatic carbocycles. The Labute approximate surface area is 212 Å². The molecule has 0 saturated heterocycles. The van der Waals surface area contributed by atoms with Gasteiger partial charge in [-0.25, -0.2) is 4.79 Å². The molecule has 0 radical (unpaired) electrons. The lowest BCUT2D eigenvalue weighted by Crippen LogP contribution is -2.35. The van der Waals surface area contributed by atoms with Crippen molar-refractivity contribution in [1.29, 1.82) is 0 Å². The van der Waals surface area contributed by atoms with Crippen LogP contribution in [0.3, 0.4) is 0 Å². The third-order valence-corrected chi connectivity index (χ3v) is 6.90. The number of hydrogen-bond acceptors (Lipinski definition) is 5. The van der Waals surface area contributed by atoms with Gasteiger partial charge in [-0.15, -0.1) is 0 Å². The SMILES string of the molecule is O=C(O)c1ccc(C2(NC(=O)c3cc4oncc4c4cnn(Cc5ccc(C(F)(F)F)cc5)c34)CC2)cc1. The number of fused-ring (bicyclic) bond motifs is 3. The summed E-state index contributed by atoms with van der Waals surface area (Å²) in [5.74, 6) is -1.42. The van der Waals surface area contributed by atoms with Crippen molar-refractivity contribution < 1.29 is 32.4 Å². The number of nitrogens with zero attached hydrogens (tertiary/aromatic N) is 3. The van der Waals surface area contributed by atoms with E-state index >= 15 is 0 Å². The fourth-order valence-corrected chi connectivity index (χ4v) is 4.71. The average Bonchev–Trinajstić information content (AvgIpc) is 3.30. The number of carboxylic acid groups (broad SMARTS) is 1. The van der Waals surface area contributed by atoms with Crippen molar-refractivity contribution in [3.05, 3.63) is 94.8 Å². The van der Waals surface area contributed by atoms with E-state index in [4.69, 9.17) is 4.52 Å². The molecule has 2 heterocycles. The summed E-state index contributed by atoms with van der Waals surface area (Å²) in [6.07, 6.45) is 0.0330. The standard InChI is InChI=1S/C27H19F3N4O4/c28-27(29,30)18-5-1-15(2-6-18)14-34-23-19(11-22-20(13-32-38-22)21(23)12-31-34)24(35)33-26(9-10-26)17-7-3-16(4-8-17)25(36)37/h1-8,11-13H,9-10,14H2,(H,33,35)(H,36,37). The van der Waals surface area contributed by atoms with E-state index in [2.05, 4.69) is 15.6 Å². The van der Waals surface area contributed by atoms with Gasteiger partial charge in [0.05, 0.1) is 52.1 Å². The maximum Gasteiger partial charge on any atom is 0.416 e. The summed E-state index contributed by atoms with van der Waals surface area (Å²) >= 11 is 0. The number of aromatic carboxylic acids is 1. The predicted molar refractivity (Wildman–Crippen MR) is 130 cm³/mol. The van der Waals surface area contributed by atoms with Crippen molar-refractivity contribution in [1.82, 2.24) is 20.3 Å². The average molecular weight is 520 g/mol. The lowest BCUT2D eigenvalue weighted by molar-refractivity contribution is -0.137. The summed E-state index contributed by atoms with van der Waals surface area (Å²) in [4.78, 5) is 24.9. The van der Waals surface area contributed by atoms with Crippen LogP contribution < -0.4 is 5.32 Å². The van der Waals surface area contributed by atoms with Gasteiger partial charge in [0, 0.05) is 5.39 Å². The van der Waals surface area contributed by atoms with Gasteiger partial charge in [-0.1, -0.05) is 29.4 Å². The predicted octanol–water partition coefficient (Wildman–Crippen LogP) is 5.36. The molecule has 3 aromatic carbocycles. The second-order valence-corrected chi connectivity index (χ2v) is 9.34. The highest BCUT2D eigenvalue weighted by atomic mass is 19.4. The number of halogens is 3. The summed E-state index contributed by atoms with van der Waals surface area (Å²) in [5.41, 5.74) is 1.33. The third-order valence-electron chi connectivity index (χ3n) is 6.90. The van der Waals surface area contributed by atoms with Crippen LogP contribution in [0.2, 0.25) is 0 Å². The molecule has 1 saturated carbocycles. The van der Waals surface area contributed by atoms with Gasteiger partial charge in [-0.05, 0) is 54.3 Å². The number of amides is 1. The summed E-state index contributed by atoms with van der Waals surface area (Å²) < 4.78 is 45.8. The number of alkyl halides is 3. The quantitative estimate of drug-likeness (QED) is 0.312. The molecule has 38 heavy (non-hydrogen) atoms. The topological polar surface area (TPSA) is 110 Å². The lowest BCUT2D eigenvalue weighted by Gasteiger charge is -2.19. The highest BCUT2D eigenvalue weighted by molar-refractivity contribution is 6.15. The molecule has 0 spiro atoms. The summed E-state index contributed by atoms with van der Waals surface area (Å²) in [6.45, 7) is 0.139. The first-order valence-electron chi connectivity index (χ1n) is 11.7. The Morgan fingerprint density at radius 3 is 2.37 bits per heavy atom. The zero-order valence-corrected chi connectivity index (χ0v) is 19.6. The molecule has 192 valence electrons. The minimum absolute atomic E-state index is 0.139. The monoisotopic (exact) mass is 520 g/mol. The number of benzene rings is 3. The first-order valence-corrected chi connectivity index (χ1v) is 11.7. The van der Waals surface area contributed by atoms with Crippen LogP contribution in [0.5, 0.6) is 0 Å². The van der Waals surface area contributed by atoms with Crippen molar-refractivity contribution in [2.45, 2.75) is 31.1 Å². The van der Waals surface area contributed by atoms with Crippen LogP contribution in [0, 0.1) is 0 Å². The molecule has 11 heteroatoms. The van der Waals surface area contributed by atoms with Crippen molar-refractivity contribution in [3.8, 4) is 0 Å². The molecule has 0 atom stereocenters. The Morgan fingerprint density at radius 2 is 1.74 bits per heavy atom. The van der Waals surface area contributed by atoms with Crippen LogP contribution in [-0.2, 0) is 18.3 Å². The minimum atomic E-state index is -4.44. The van der Waals surface area contributed by atoms with E-state index in [1.54, 1.807) is 29.1 Å². The molecule has 2 N–H and O–H groups in total. The second-order valence-electron chi connectivity index (χ2n) is 9.34. The second kappa shape index (κ2) is 8.44. The zero-order chi connectivity index (χ0) is 26.7. The number of carboxylic acids is 1. The van der Waals surface area contributed by atoms with Gasteiger partial charge >= 0.3 is 12.1 Å². The van der Waals surface area contributed by atoms with E-state index in [0.717, 1.165) is 17.7 Å². The molecule has 6 rings (SSSR count). The molecule has 1 amide bonds. The van der Waals surface area contributed by atoms with Crippen molar-refractivity contribution in [2.24, 2.45) is 0 Å². The van der Waals surface area contributed by atoms with Crippen LogP contribution in [0.15, 0.2) is 71.5 Å². The van der Waals surface area contributed by atoms with Gasteiger partial charge in [0.2, 0.25) is 0 Å². The van der Waals surface area contributed by atoms with Gasteiger partial charge in [0.25, 0.3) is 5.91 Å².